The summed E-state index contributed by atoms with van der Waals surface area (Å²) in [6.07, 6.45) is 1.64. The summed E-state index contributed by atoms with van der Waals surface area (Å²) in [6, 6.07) is 5.46. The van der Waals surface area contributed by atoms with E-state index in [0.29, 0.717) is 5.69 Å². The second-order valence-electron chi connectivity index (χ2n) is 7.26. The first kappa shape index (κ1) is 15.2. The Balaban J connectivity index is 1.94. The van der Waals surface area contributed by atoms with Crippen LogP contribution in [0.5, 0.6) is 0 Å². The molecule has 0 aliphatic heterocycles. The maximum Gasteiger partial charge on any atom is 0.135 e. The number of amidine groups is 1. The predicted molar refractivity (Wildman–Crippen MR) is 86.7 cm³/mol. The number of aromatic nitrogens is 2. The van der Waals surface area contributed by atoms with Crippen LogP contribution in [-0.2, 0) is 5.41 Å². The third-order valence-electron chi connectivity index (χ3n) is 6.06. The molecule has 2 bridgehead atoms. The Hall–Kier alpha value is -2.37. The molecule has 1 aromatic carbocycles. The molecule has 2 aliphatic rings. The van der Waals surface area contributed by atoms with Gasteiger partial charge in [0, 0.05) is 0 Å². The van der Waals surface area contributed by atoms with E-state index >= 15 is 0 Å². The minimum atomic E-state index is -0.659. The molecule has 4 nitrogen and oxygen atoms in total. The average Bonchev–Trinajstić information content (AvgIpc) is 2.89. The molecule has 3 N–H and O–H groups in total. The average molecular weight is 328 g/mol. The third kappa shape index (κ3) is 1.58. The molecule has 0 spiro atoms. The van der Waals surface area contributed by atoms with Gasteiger partial charge in [-0.05, 0) is 47.9 Å². The Bertz CT molecular complexity index is 857. The number of fused-ring (bicyclic) bond motifs is 5. The number of hydrogen-bond acceptors (Lipinski definition) is 3. The van der Waals surface area contributed by atoms with E-state index in [4.69, 9.17) is 11.1 Å². The minimum Gasteiger partial charge on any atom is -0.387 e. The first-order valence-corrected chi connectivity index (χ1v) is 7.97. The molecule has 0 radical (unpaired) electrons. The van der Waals surface area contributed by atoms with Gasteiger partial charge in [-0.25, -0.2) is 8.78 Å². The SMILES string of the molecule is CC1(C)[C@H]2CC[C@]1(C(=N)N)c1nnc(-c3c(F)cccc3F)cc12. The normalized spacial score (nSPS) is 26.4. The van der Waals surface area contributed by atoms with E-state index in [2.05, 4.69) is 24.0 Å². The van der Waals surface area contributed by atoms with E-state index in [-0.39, 0.29) is 28.4 Å². The topological polar surface area (TPSA) is 75.7 Å². The summed E-state index contributed by atoms with van der Waals surface area (Å²) < 4.78 is 28.1. The summed E-state index contributed by atoms with van der Waals surface area (Å²) >= 11 is 0. The van der Waals surface area contributed by atoms with Gasteiger partial charge in [0.05, 0.1) is 22.4 Å². The molecule has 0 amide bonds. The molecular formula is C18H18F2N4. The van der Waals surface area contributed by atoms with Gasteiger partial charge in [0.2, 0.25) is 0 Å². The van der Waals surface area contributed by atoms with Crippen molar-refractivity contribution in [1.29, 1.82) is 5.41 Å². The number of benzene rings is 1. The Morgan fingerprint density at radius 3 is 2.54 bits per heavy atom. The Morgan fingerprint density at radius 1 is 1.25 bits per heavy atom. The van der Waals surface area contributed by atoms with Gasteiger partial charge in [-0.2, -0.15) is 5.10 Å². The molecule has 24 heavy (non-hydrogen) atoms. The highest BCUT2D eigenvalue weighted by molar-refractivity contribution is 5.92. The quantitative estimate of drug-likeness (QED) is 0.654. The van der Waals surface area contributed by atoms with Crippen molar-refractivity contribution in [3.8, 4) is 11.3 Å². The van der Waals surface area contributed by atoms with Crippen LogP contribution in [-0.4, -0.2) is 16.0 Å². The summed E-state index contributed by atoms with van der Waals surface area (Å²) in [4.78, 5) is 0. The third-order valence-corrected chi connectivity index (χ3v) is 6.06. The highest BCUT2D eigenvalue weighted by Gasteiger charge is 2.65. The summed E-state index contributed by atoms with van der Waals surface area (Å²) in [5.74, 6) is -1.07. The van der Waals surface area contributed by atoms with E-state index in [1.807, 2.05) is 0 Å². The molecular weight excluding hydrogens is 310 g/mol. The van der Waals surface area contributed by atoms with Crippen molar-refractivity contribution < 1.29 is 8.78 Å². The lowest BCUT2D eigenvalue weighted by Crippen LogP contribution is -2.47. The molecule has 1 saturated carbocycles. The molecule has 6 heteroatoms. The van der Waals surface area contributed by atoms with Crippen LogP contribution >= 0.6 is 0 Å². The van der Waals surface area contributed by atoms with Crippen LogP contribution in [0.4, 0.5) is 8.78 Å². The summed E-state index contributed by atoms with van der Waals surface area (Å²) in [7, 11) is 0. The van der Waals surface area contributed by atoms with Crippen molar-refractivity contribution in [2.75, 3.05) is 0 Å². The first-order chi connectivity index (χ1) is 11.3. The maximum atomic E-state index is 14.1. The Morgan fingerprint density at radius 2 is 1.92 bits per heavy atom. The molecule has 2 aliphatic carbocycles. The van der Waals surface area contributed by atoms with Gasteiger partial charge in [0.1, 0.15) is 17.5 Å². The largest absolute Gasteiger partial charge is 0.387 e. The monoisotopic (exact) mass is 328 g/mol. The van der Waals surface area contributed by atoms with Crippen LogP contribution in [0.25, 0.3) is 11.3 Å². The fraction of sp³-hybridized carbons (Fsp3) is 0.389. The fourth-order valence-corrected chi connectivity index (χ4v) is 4.79. The van der Waals surface area contributed by atoms with Crippen molar-refractivity contribution in [2.45, 2.75) is 38.0 Å². The van der Waals surface area contributed by atoms with E-state index in [1.54, 1.807) is 6.07 Å². The Labute approximate surface area is 138 Å². The highest BCUT2D eigenvalue weighted by Crippen LogP contribution is 2.67. The number of halogens is 2. The molecule has 0 unspecified atom stereocenters. The lowest BCUT2D eigenvalue weighted by molar-refractivity contribution is 0.272. The van der Waals surface area contributed by atoms with Crippen molar-refractivity contribution in [1.82, 2.24) is 10.2 Å². The molecule has 4 rings (SSSR count). The zero-order valence-corrected chi connectivity index (χ0v) is 13.5. The lowest BCUT2D eigenvalue weighted by atomic mass is 9.67. The lowest BCUT2D eigenvalue weighted by Gasteiger charge is -2.36. The number of nitrogens with two attached hydrogens (primary N) is 1. The number of hydrogen-bond donors (Lipinski definition) is 2. The summed E-state index contributed by atoms with van der Waals surface area (Å²) in [5, 5.41) is 16.5. The van der Waals surface area contributed by atoms with E-state index < -0.39 is 17.0 Å². The Kier molecular flexibility index (Phi) is 2.90. The van der Waals surface area contributed by atoms with Crippen LogP contribution in [0.15, 0.2) is 24.3 Å². The van der Waals surface area contributed by atoms with Crippen molar-refractivity contribution in [2.24, 2.45) is 11.1 Å². The van der Waals surface area contributed by atoms with E-state index in [1.165, 1.54) is 18.2 Å². The van der Waals surface area contributed by atoms with Crippen LogP contribution < -0.4 is 5.73 Å². The van der Waals surface area contributed by atoms with Crippen molar-refractivity contribution >= 4 is 5.84 Å². The summed E-state index contributed by atoms with van der Waals surface area (Å²) in [5.41, 5.74) is 6.69. The van der Waals surface area contributed by atoms with Gasteiger partial charge in [-0.3, -0.25) is 5.41 Å². The van der Waals surface area contributed by atoms with Gasteiger partial charge in [0.25, 0.3) is 0 Å². The molecule has 124 valence electrons. The van der Waals surface area contributed by atoms with Gasteiger partial charge >= 0.3 is 0 Å². The van der Waals surface area contributed by atoms with Gasteiger partial charge < -0.3 is 5.73 Å². The van der Waals surface area contributed by atoms with Crippen LogP contribution in [0.3, 0.4) is 0 Å². The second-order valence-corrected chi connectivity index (χ2v) is 7.26. The zero-order chi connectivity index (χ0) is 17.3. The molecule has 1 heterocycles. The number of rotatable bonds is 2. The minimum absolute atomic E-state index is 0.0906. The fourth-order valence-electron chi connectivity index (χ4n) is 4.79. The molecule has 1 fully saturated rings. The first-order valence-electron chi connectivity index (χ1n) is 7.97. The molecule has 1 aromatic heterocycles. The number of nitrogens with one attached hydrogen (secondary N) is 1. The van der Waals surface area contributed by atoms with Crippen LogP contribution in [0, 0.1) is 22.5 Å². The van der Waals surface area contributed by atoms with Gasteiger partial charge in [0.15, 0.2) is 0 Å². The molecule has 0 saturated heterocycles. The standard InChI is InChI=1S/C18H18F2N4/c1-17(2)10-6-7-18(17,16(21)22)15-9(10)8-13(23-24-15)14-11(19)4-3-5-12(14)20/h3-5,8,10H,6-7H2,1-2H3,(H3,21,22)/t10-,18+/m0/s1. The van der Waals surface area contributed by atoms with Crippen LogP contribution in [0.2, 0.25) is 0 Å². The van der Waals surface area contributed by atoms with Gasteiger partial charge in [-0.15, -0.1) is 5.10 Å². The predicted octanol–water partition coefficient (Wildman–Crippen LogP) is 3.51. The van der Waals surface area contributed by atoms with Crippen molar-refractivity contribution in [3.63, 3.8) is 0 Å². The zero-order valence-electron chi connectivity index (χ0n) is 13.5. The smallest absolute Gasteiger partial charge is 0.135 e. The molecule has 2 aromatic rings. The van der Waals surface area contributed by atoms with Crippen LogP contribution in [0.1, 0.15) is 43.9 Å². The number of nitrogens with zero attached hydrogens (tertiary/aromatic N) is 2. The molecule has 2 atom stereocenters. The highest BCUT2D eigenvalue weighted by atomic mass is 19.1. The van der Waals surface area contributed by atoms with E-state index in [0.717, 1.165) is 18.4 Å². The maximum absolute atomic E-state index is 14.1. The van der Waals surface area contributed by atoms with Crippen molar-refractivity contribution in [3.05, 3.63) is 47.2 Å². The van der Waals surface area contributed by atoms with Gasteiger partial charge in [-0.1, -0.05) is 19.9 Å². The van der Waals surface area contributed by atoms with E-state index in [9.17, 15) is 8.78 Å². The second kappa shape index (κ2) is 4.59. The summed E-state index contributed by atoms with van der Waals surface area (Å²) in [6.45, 7) is 4.16.